The zero-order valence-corrected chi connectivity index (χ0v) is 12.0. The number of hydrogen-bond donors (Lipinski definition) is 3. The molecule has 0 radical (unpaired) electrons. The molecule has 2 amide bonds. The molecule has 0 aromatic heterocycles. The summed E-state index contributed by atoms with van der Waals surface area (Å²) >= 11 is 0. The van der Waals surface area contributed by atoms with Crippen molar-refractivity contribution in [1.29, 1.82) is 0 Å². The van der Waals surface area contributed by atoms with Gasteiger partial charge in [-0.3, -0.25) is 0 Å². The van der Waals surface area contributed by atoms with Crippen molar-refractivity contribution in [2.45, 2.75) is 38.0 Å². The van der Waals surface area contributed by atoms with Gasteiger partial charge in [-0.1, -0.05) is 25.0 Å². The third-order valence-corrected chi connectivity index (χ3v) is 3.90. The Morgan fingerprint density at radius 1 is 1.27 bits per heavy atom. The molecule has 0 bridgehead atoms. The van der Waals surface area contributed by atoms with Crippen LogP contribution in [0.4, 0.5) is 23.7 Å². The zero-order chi connectivity index (χ0) is 16.2. The average Bonchev–Trinajstić information content (AvgIpc) is 2.98. The van der Waals surface area contributed by atoms with Crippen LogP contribution in [0.2, 0.25) is 0 Å². The van der Waals surface area contributed by atoms with Crippen LogP contribution >= 0.6 is 0 Å². The van der Waals surface area contributed by atoms with Crippen molar-refractivity contribution in [2.75, 3.05) is 11.9 Å². The van der Waals surface area contributed by atoms with E-state index < -0.39 is 23.9 Å². The number of hydrogen-bond acceptors (Lipinski definition) is 2. The van der Waals surface area contributed by atoms with Gasteiger partial charge in [0.25, 0.3) is 0 Å². The molecular formula is C15H19F3N2O2. The summed E-state index contributed by atoms with van der Waals surface area (Å²) in [7, 11) is 0. The number of carbonyl (C=O) groups excluding carboxylic acids is 1. The van der Waals surface area contributed by atoms with Crippen LogP contribution in [0.3, 0.4) is 0 Å². The lowest BCUT2D eigenvalue weighted by molar-refractivity contribution is -0.136. The number of aliphatic hydroxyl groups is 1. The monoisotopic (exact) mass is 316 g/mol. The highest BCUT2D eigenvalue weighted by Crippen LogP contribution is 2.34. The third-order valence-electron chi connectivity index (χ3n) is 3.90. The van der Waals surface area contributed by atoms with Gasteiger partial charge in [0.1, 0.15) is 0 Å². The standard InChI is InChI=1S/C15H19F3N2O2/c16-15(17,18)11-7-3-4-8-12(11)20-14(22)19-9-13(21)10-5-1-2-6-10/h3-4,7-8,10,13,21H,1-2,5-6,9H2,(H2,19,20,22). The van der Waals surface area contributed by atoms with Gasteiger partial charge in [-0.05, 0) is 30.9 Å². The number of halogens is 3. The summed E-state index contributed by atoms with van der Waals surface area (Å²) in [4.78, 5) is 11.7. The molecule has 0 spiro atoms. The molecule has 1 aromatic rings. The van der Waals surface area contributed by atoms with Crippen molar-refractivity contribution in [3.8, 4) is 0 Å². The van der Waals surface area contributed by atoms with Gasteiger partial charge in [0, 0.05) is 6.54 Å². The molecule has 122 valence electrons. The molecule has 2 rings (SSSR count). The van der Waals surface area contributed by atoms with E-state index in [9.17, 15) is 23.1 Å². The fourth-order valence-corrected chi connectivity index (χ4v) is 2.71. The van der Waals surface area contributed by atoms with Crippen LogP contribution in [0.25, 0.3) is 0 Å². The summed E-state index contributed by atoms with van der Waals surface area (Å²) in [5.41, 5.74) is -1.20. The molecule has 1 aromatic carbocycles. The number of urea groups is 1. The number of aliphatic hydroxyl groups excluding tert-OH is 1. The van der Waals surface area contributed by atoms with Crippen molar-refractivity contribution in [1.82, 2.24) is 5.32 Å². The van der Waals surface area contributed by atoms with Crippen LogP contribution in [0, 0.1) is 5.92 Å². The maximum atomic E-state index is 12.8. The predicted molar refractivity (Wildman–Crippen MR) is 76.4 cm³/mol. The normalized spacial score (nSPS) is 17.3. The Kier molecular flexibility index (Phi) is 5.28. The van der Waals surface area contributed by atoms with Gasteiger partial charge in [-0.25, -0.2) is 4.79 Å². The number of alkyl halides is 3. The van der Waals surface area contributed by atoms with Gasteiger partial charge in [0.2, 0.25) is 0 Å². The average molecular weight is 316 g/mol. The van der Waals surface area contributed by atoms with Gasteiger partial charge in [-0.15, -0.1) is 0 Å². The van der Waals surface area contributed by atoms with E-state index in [-0.39, 0.29) is 18.2 Å². The van der Waals surface area contributed by atoms with Crippen LogP contribution < -0.4 is 10.6 Å². The minimum atomic E-state index is -4.53. The quantitative estimate of drug-likeness (QED) is 0.797. The molecule has 7 heteroatoms. The van der Waals surface area contributed by atoms with Crippen molar-refractivity contribution >= 4 is 11.7 Å². The van der Waals surface area contributed by atoms with Crippen molar-refractivity contribution in [3.05, 3.63) is 29.8 Å². The van der Waals surface area contributed by atoms with Crippen LogP contribution in [0.1, 0.15) is 31.2 Å². The molecule has 0 aliphatic heterocycles. The molecule has 22 heavy (non-hydrogen) atoms. The van der Waals surface area contributed by atoms with E-state index in [4.69, 9.17) is 0 Å². The van der Waals surface area contributed by atoms with E-state index in [1.807, 2.05) is 0 Å². The SMILES string of the molecule is O=C(NCC(O)C1CCCC1)Nc1ccccc1C(F)(F)F. The molecule has 1 aliphatic carbocycles. The van der Waals surface area contributed by atoms with E-state index in [0.717, 1.165) is 31.7 Å². The summed E-state index contributed by atoms with van der Waals surface area (Å²) < 4.78 is 38.4. The van der Waals surface area contributed by atoms with Crippen molar-refractivity contribution in [2.24, 2.45) is 5.92 Å². The first-order valence-corrected chi connectivity index (χ1v) is 7.27. The third kappa shape index (κ3) is 4.37. The van der Waals surface area contributed by atoms with E-state index in [0.29, 0.717) is 0 Å². The molecular weight excluding hydrogens is 297 g/mol. The summed E-state index contributed by atoms with van der Waals surface area (Å²) in [6, 6.07) is 4.01. The predicted octanol–water partition coefficient (Wildman–Crippen LogP) is 3.38. The Hall–Kier alpha value is -1.76. The number of carbonyl (C=O) groups is 1. The van der Waals surface area contributed by atoms with Crippen LogP contribution in [-0.2, 0) is 6.18 Å². The highest BCUT2D eigenvalue weighted by atomic mass is 19.4. The van der Waals surface area contributed by atoms with Crippen molar-refractivity contribution in [3.63, 3.8) is 0 Å². The van der Waals surface area contributed by atoms with Gasteiger partial charge < -0.3 is 15.7 Å². The summed E-state index contributed by atoms with van der Waals surface area (Å²) in [5.74, 6) is 0.155. The fourth-order valence-electron chi connectivity index (χ4n) is 2.71. The van der Waals surface area contributed by atoms with Crippen LogP contribution in [0.15, 0.2) is 24.3 Å². The van der Waals surface area contributed by atoms with Gasteiger partial charge in [-0.2, -0.15) is 13.2 Å². The summed E-state index contributed by atoms with van der Waals surface area (Å²) in [5, 5.41) is 14.5. The molecule has 1 saturated carbocycles. The number of nitrogens with one attached hydrogen (secondary N) is 2. The molecule has 3 N–H and O–H groups in total. The molecule has 1 atom stereocenters. The number of para-hydroxylation sites is 1. The fraction of sp³-hybridized carbons (Fsp3) is 0.533. The largest absolute Gasteiger partial charge is 0.418 e. The van der Waals surface area contributed by atoms with Gasteiger partial charge in [0.15, 0.2) is 0 Å². The minimum absolute atomic E-state index is 0.0324. The Morgan fingerprint density at radius 3 is 2.55 bits per heavy atom. The molecule has 0 saturated heterocycles. The summed E-state index contributed by atoms with van der Waals surface area (Å²) in [6.07, 6.45) is -1.23. The Balaban J connectivity index is 1.89. The maximum Gasteiger partial charge on any atom is 0.418 e. The second kappa shape index (κ2) is 7.00. The summed E-state index contributed by atoms with van der Waals surface area (Å²) in [6.45, 7) is 0.0324. The van der Waals surface area contributed by atoms with E-state index in [1.165, 1.54) is 18.2 Å². The smallest absolute Gasteiger partial charge is 0.391 e. The minimum Gasteiger partial charge on any atom is -0.391 e. The molecule has 1 fully saturated rings. The lowest BCUT2D eigenvalue weighted by Gasteiger charge is -2.19. The second-order valence-corrected chi connectivity index (χ2v) is 5.49. The number of benzene rings is 1. The van der Waals surface area contributed by atoms with Crippen LogP contribution in [-0.4, -0.2) is 23.8 Å². The molecule has 4 nitrogen and oxygen atoms in total. The maximum absolute atomic E-state index is 12.8. The van der Waals surface area contributed by atoms with E-state index >= 15 is 0 Å². The Bertz CT molecular complexity index is 514. The van der Waals surface area contributed by atoms with Gasteiger partial charge >= 0.3 is 12.2 Å². The van der Waals surface area contributed by atoms with Crippen LogP contribution in [0.5, 0.6) is 0 Å². The number of rotatable bonds is 4. The number of amides is 2. The second-order valence-electron chi connectivity index (χ2n) is 5.49. The Labute approximate surface area is 126 Å². The first-order chi connectivity index (χ1) is 10.4. The Morgan fingerprint density at radius 2 is 1.91 bits per heavy atom. The first-order valence-electron chi connectivity index (χ1n) is 7.27. The van der Waals surface area contributed by atoms with Gasteiger partial charge in [0.05, 0.1) is 17.4 Å². The lowest BCUT2D eigenvalue weighted by atomic mass is 10.0. The highest BCUT2D eigenvalue weighted by molar-refractivity contribution is 5.90. The lowest BCUT2D eigenvalue weighted by Crippen LogP contribution is -2.38. The first kappa shape index (κ1) is 16.6. The molecule has 1 unspecified atom stereocenters. The van der Waals surface area contributed by atoms with E-state index in [1.54, 1.807) is 0 Å². The van der Waals surface area contributed by atoms with E-state index in [2.05, 4.69) is 10.6 Å². The van der Waals surface area contributed by atoms with Crippen molar-refractivity contribution < 1.29 is 23.1 Å². The molecule has 0 heterocycles. The molecule has 1 aliphatic rings. The zero-order valence-electron chi connectivity index (χ0n) is 12.0. The topological polar surface area (TPSA) is 61.4 Å². The number of anilines is 1. The highest BCUT2D eigenvalue weighted by Gasteiger charge is 2.33.